The van der Waals surface area contributed by atoms with Gasteiger partial charge in [-0.05, 0) is 30.8 Å². The second kappa shape index (κ2) is 4.31. The van der Waals surface area contributed by atoms with E-state index < -0.39 is 0 Å². The molecule has 1 heteroatoms. The molecule has 94 valence electrons. The van der Waals surface area contributed by atoms with Crippen LogP contribution in [0, 0.1) is 11.3 Å². The van der Waals surface area contributed by atoms with Crippen molar-refractivity contribution in [3.63, 3.8) is 0 Å². The largest absolute Gasteiger partial charge is 0.384 e. The first-order valence-electron chi connectivity index (χ1n) is 6.95. The van der Waals surface area contributed by atoms with Crippen molar-refractivity contribution in [2.45, 2.75) is 26.2 Å². The van der Waals surface area contributed by atoms with E-state index in [1.54, 1.807) is 5.57 Å². The second-order valence-corrected chi connectivity index (χ2v) is 5.47. The lowest BCUT2D eigenvalue weighted by Gasteiger charge is -2.29. The Labute approximate surface area is 110 Å². The lowest BCUT2D eigenvalue weighted by Crippen LogP contribution is -2.28. The Hall–Kier alpha value is -1.50. The maximum atomic E-state index is 3.73. The van der Waals surface area contributed by atoms with E-state index in [0.29, 0.717) is 5.41 Å². The molecule has 0 aromatic heterocycles. The maximum absolute atomic E-state index is 3.73. The van der Waals surface area contributed by atoms with Crippen LogP contribution in [-0.4, -0.2) is 6.54 Å². The summed E-state index contributed by atoms with van der Waals surface area (Å²) in [5.74, 6) is 0.773. The number of hydrogen-bond acceptors (Lipinski definition) is 1. The van der Waals surface area contributed by atoms with Crippen LogP contribution in [0.2, 0.25) is 0 Å². The first kappa shape index (κ1) is 11.6. The molecule has 0 spiro atoms. The van der Waals surface area contributed by atoms with E-state index >= 15 is 0 Å². The van der Waals surface area contributed by atoms with E-state index in [0.717, 1.165) is 18.9 Å². The third-order valence-electron chi connectivity index (χ3n) is 4.60. The Morgan fingerprint density at radius 3 is 3.22 bits per heavy atom. The molecule has 1 nitrogen and oxygen atoms in total. The number of dihydropyridines is 1. The quantitative estimate of drug-likeness (QED) is 0.734. The molecule has 2 aliphatic carbocycles. The van der Waals surface area contributed by atoms with Gasteiger partial charge in [0, 0.05) is 17.7 Å². The number of rotatable bonds is 4. The summed E-state index contributed by atoms with van der Waals surface area (Å²) < 4.78 is 0. The molecule has 18 heavy (non-hydrogen) atoms. The predicted octanol–water partition coefficient (Wildman–Crippen LogP) is 3.89. The van der Waals surface area contributed by atoms with Crippen LogP contribution in [0.15, 0.2) is 59.9 Å². The van der Waals surface area contributed by atoms with Crippen LogP contribution < -0.4 is 5.32 Å². The van der Waals surface area contributed by atoms with Crippen LogP contribution in [0.4, 0.5) is 0 Å². The fraction of sp³-hybridized carbons (Fsp3) is 0.412. The van der Waals surface area contributed by atoms with Gasteiger partial charge in [0.15, 0.2) is 0 Å². The van der Waals surface area contributed by atoms with Crippen LogP contribution >= 0.6 is 0 Å². The Morgan fingerprint density at radius 1 is 1.56 bits per heavy atom. The highest BCUT2D eigenvalue weighted by atomic mass is 14.9. The summed E-state index contributed by atoms with van der Waals surface area (Å²) in [6.45, 7) is 7.05. The van der Waals surface area contributed by atoms with Gasteiger partial charge in [-0.25, -0.2) is 0 Å². The van der Waals surface area contributed by atoms with Gasteiger partial charge in [-0.15, -0.1) is 0 Å². The molecule has 0 radical (unpaired) electrons. The van der Waals surface area contributed by atoms with E-state index in [-0.39, 0.29) is 0 Å². The van der Waals surface area contributed by atoms with Gasteiger partial charge in [0.25, 0.3) is 0 Å². The van der Waals surface area contributed by atoms with Crippen LogP contribution in [0.1, 0.15) is 26.2 Å². The van der Waals surface area contributed by atoms with E-state index in [1.165, 1.54) is 24.1 Å². The topological polar surface area (TPSA) is 12.0 Å². The third-order valence-corrected chi connectivity index (χ3v) is 4.60. The summed E-state index contributed by atoms with van der Waals surface area (Å²) in [6, 6.07) is 0. The first-order chi connectivity index (χ1) is 8.81. The summed E-state index contributed by atoms with van der Waals surface area (Å²) >= 11 is 0. The zero-order valence-electron chi connectivity index (χ0n) is 11.1. The lowest BCUT2D eigenvalue weighted by molar-refractivity contribution is 0.489. The van der Waals surface area contributed by atoms with Crippen LogP contribution in [0.25, 0.3) is 0 Å². The lowest BCUT2D eigenvalue weighted by atomic mass is 9.82. The summed E-state index contributed by atoms with van der Waals surface area (Å²) in [5.41, 5.74) is 4.96. The number of allylic oxidation sites excluding steroid dienone is 8. The van der Waals surface area contributed by atoms with Crippen molar-refractivity contribution in [2.75, 3.05) is 6.54 Å². The summed E-state index contributed by atoms with van der Waals surface area (Å²) in [6.07, 6.45) is 16.7. The van der Waals surface area contributed by atoms with Crippen LogP contribution in [0.3, 0.4) is 0 Å². The van der Waals surface area contributed by atoms with Crippen molar-refractivity contribution in [3.05, 3.63) is 59.9 Å². The van der Waals surface area contributed by atoms with E-state index in [4.69, 9.17) is 0 Å². The highest BCUT2D eigenvalue weighted by Crippen LogP contribution is 2.66. The Kier molecular flexibility index (Phi) is 2.77. The van der Waals surface area contributed by atoms with Gasteiger partial charge in [0.1, 0.15) is 0 Å². The fourth-order valence-corrected chi connectivity index (χ4v) is 3.55. The summed E-state index contributed by atoms with van der Waals surface area (Å²) in [4.78, 5) is 0. The zero-order chi connectivity index (χ0) is 12.6. The third kappa shape index (κ3) is 1.61. The van der Waals surface area contributed by atoms with Gasteiger partial charge in [-0.3, -0.25) is 0 Å². The molecule has 1 N–H and O–H groups in total. The molecule has 3 rings (SSSR count). The molecule has 1 saturated carbocycles. The molecule has 1 aliphatic heterocycles. The SMILES string of the molecule is C=C/C=C/CC1=CC2=C(NCC=C2)C2(CC)CC12. The average molecular weight is 239 g/mol. The Morgan fingerprint density at radius 2 is 2.44 bits per heavy atom. The molecule has 0 aromatic rings. The van der Waals surface area contributed by atoms with Crippen molar-refractivity contribution in [1.82, 2.24) is 5.32 Å². The van der Waals surface area contributed by atoms with Crippen LogP contribution in [-0.2, 0) is 0 Å². The van der Waals surface area contributed by atoms with Gasteiger partial charge in [-0.2, -0.15) is 0 Å². The minimum atomic E-state index is 0.437. The van der Waals surface area contributed by atoms with E-state index in [1.807, 2.05) is 6.08 Å². The van der Waals surface area contributed by atoms with Crippen molar-refractivity contribution in [1.29, 1.82) is 0 Å². The van der Waals surface area contributed by atoms with Gasteiger partial charge in [0.2, 0.25) is 0 Å². The Balaban J connectivity index is 1.92. The first-order valence-corrected chi connectivity index (χ1v) is 6.95. The van der Waals surface area contributed by atoms with Crippen molar-refractivity contribution in [3.8, 4) is 0 Å². The average Bonchev–Trinajstić information content (AvgIpc) is 3.16. The smallest absolute Gasteiger partial charge is 0.0331 e. The van der Waals surface area contributed by atoms with Gasteiger partial charge >= 0.3 is 0 Å². The Bertz CT molecular complexity index is 490. The summed E-state index contributed by atoms with van der Waals surface area (Å²) in [7, 11) is 0. The minimum Gasteiger partial charge on any atom is -0.384 e. The predicted molar refractivity (Wildman–Crippen MR) is 77.0 cm³/mol. The molecule has 0 bridgehead atoms. The van der Waals surface area contributed by atoms with Crippen molar-refractivity contribution < 1.29 is 0 Å². The van der Waals surface area contributed by atoms with Crippen LogP contribution in [0.5, 0.6) is 0 Å². The second-order valence-electron chi connectivity index (χ2n) is 5.47. The molecule has 2 unspecified atom stereocenters. The number of nitrogens with one attached hydrogen (secondary N) is 1. The normalized spacial score (nSPS) is 32.7. The molecule has 0 aromatic carbocycles. The van der Waals surface area contributed by atoms with E-state index in [2.05, 4.69) is 49.2 Å². The molecule has 1 fully saturated rings. The minimum absolute atomic E-state index is 0.437. The van der Waals surface area contributed by atoms with E-state index in [9.17, 15) is 0 Å². The zero-order valence-corrected chi connectivity index (χ0v) is 11.1. The van der Waals surface area contributed by atoms with Crippen molar-refractivity contribution in [2.24, 2.45) is 11.3 Å². The standard InChI is InChI=1S/C17H21N/c1-3-5-6-8-13-11-14-9-7-10-18-16(14)17(4-2)12-15(13)17/h3,5-7,9,11,15,18H,1,4,8,10,12H2,2H3/b6-5+. The fourth-order valence-electron chi connectivity index (χ4n) is 3.55. The maximum Gasteiger partial charge on any atom is 0.0331 e. The monoisotopic (exact) mass is 239 g/mol. The van der Waals surface area contributed by atoms with Gasteiger partial charge < -0.3 is 5.32 Å². The van der Waals surface area contributed by atoms with Crippen molar-refractivity contribution >= 4 is 0 Å². The molecular weight excluding hydrogens is 218 g/mol. The number of hydrogen-bond donors (Lipinski definition) is 1. The highest BCUT2D eigenvalue weighted by Gasteiger charge is 2.58. The molecule has 0 amide bonds. The summed E-state index contributed by atoms with van der Waals surface area (Å²) in [5, 5.41) is 3.61. The molecular formula is C17H21N. The number of fused-ring (bicyclic) bond motifs is 2. The van der Waals surface area contributed by atoms with Gasteiger partial charge in [0.05, 0.1) is 0 Å². The highest BCUT2D eigenvalue weighted by molar-refractivity contribution is 5.52. The molecule has 0 saturated heterocycles. The molecule has 1 heterocycles. The van der Waals surface area contributed by atoms with Gasteiger partial charge in [-0.1, -0.05) is 55.5 Å². The molecule has 2 atom stereocenters. The molecule has 3 aliphatic rings.